The maximum absolute atomic E-state index is 12.2. The third-order valence-electron chi connectivity index (χ3n) is 3.65. The van der Waals surface area contributed by atoms with Gasteiger partial charge in [-0.1, -0.05) is 6.07 Å². The predicted octanol–water partition coefficient (Wildman–Crippen LogP) is 2.29. The molecule has 1 heterocycles. The summed E-state index contributed by atoms with van der Waals surface area (Å²) in [6.07, 6.45) is 0. The van der Waals surface area contributed by atoms with Crippen LogP contribution in [0.1, 0.15) is 36.7 Å². The van der Waals surface area contributed by atoms with Gasteiger partial charge in [0.25, 0.3) is 5.91 Å². The van der Waals surface area contributed by atoms with E-state index in [-0.39, 0.29) is 29.9 Å². The van der Waals surface area contributed by atoms with Crippen LogP contribution in [0.5, 0.6) is 0 Å². The van der Waals surface area contributed by atoms with E-state index in [1.807, 2.05) is 33.8 Å². The smallest absolute Gasteiger partial charge is 0.319 e. The lowest BCUT2D eigenvalue weighted by atomic mass is 10.0. The minimum Gasteiger partial charge on any atom is -0.352 e. The van der Waals surface area contributed by atoms with E-state index < -0.39 is 0 Å². The van der Waals surface area contributed by atoms with E-state index in [0.29, 0.717) is 23.7 Å². The third-order valence-corrected chi connectivity index (χ3v) is 3.65. The molecule has 0 saturated carbocycles. The van der Waals surface area contributed by atoms with Crippen LogP contribution in [0.15, 0.2) is 18.2 Å². The monoisotopic (exact) mass is 354 g/mol. The van der Waals surface area contributed by atoms with Crippen molar-refractivity contribution < 1.29 is 9.59 Å². The van der Waals surface area contributed by atoms with Crippen molar-refractivity contribution >= 4 is 30.0 Å². The molecule has 4 N–H and O–H groups in total. The Bertz CT molecular complexity index is 595. The zero-order valence-electron chi connectivity index (χ0n) is 14.7. The third kappa shape index (κ3) is 6.02. The molecule has 3 amide bonds. The highest BCUT2D eigenvalue weighted by molar-refractivity contribution is 5.97. The van der Waals surface area contributed by atoms with Crippen LogP contribution in [0.25, 0.3) is 0 Å². The summed E-state index contributed by atoms with van der Waals surface area (Å²) in [5, 5.41) is 11.8. The maximum atomic E-state index is 12.2. The number of urea groups is 1. The molecule has 1 aromatic rings. The number of benzene rings is 1. The molecule has 0 radical (unpaired) electrons. The fourth-order valence-corrected chi connectivity index (χ4v) is 2.22. The van der Waals surface area contributed by atoms with Gasteiger partial charge in [0.2, 0.25) is 0 Å². The summed E-state index contributed by atoms with van der Waals surface area (Å²) in [4.78, 5) is 24.2. The van der Waals surface area contributed by atoms with Crippen molar-refractivity contribution in [2.45, 2.75) is 33.2 Å². The molecule has 1 aromatic carbocycles. The van der Waals surface area contributed by atoms with Gasteiger partial charge in [-0.2, -0.15) is 0 Å². The van der Waals surface area contributed by atoms with Crippen LogP contribution in [0, 0.1) is 12.8 Å². The van der Waals surface area contributed by atoms with Gasteiger partial charge in [0.15, 0.2) is 0 Å². The second-order valence-corrected chi connectivity index (χ2v) is 7.09. The van der Waals surface area contributed by atoms with Gasteiger partial charge in [-0.05, 0) is 45.4 Å². The van der Waals surface area contributed by atoms with E-state index in [1.165, 1.54) is 0 Å². The first-order valence-electron chi connectivity index (χ1n) is 7.93. The van der Waals surface area contributed by atoms with Gasteiger partial charge in [0.1, 0.15) is 0 Å². The van der Waals surface area contributed by atoms with E-state index in [4.69, 9.17) is 0 Å². The topological polar surface area (TPSA) is 82.3 Å². The van der Waals surface area contributed by atoms with Crippen LogP contribution >= 0.6 is 12.4 Å². The highest BCUT2D eigenvalue weighted by Gasteiger charge is 2.18. The first-order valence-corrected chi connectivity index (χ1v) is 7.93. The number of carbonyl (C=O) groups excluding carboxylic acids is 2. The van der Waals surface area contributed by atoms with Crippen molar-refractivity contribution in [3.8, 4) is 0 Å². The van der Waals surface area contributed by atoms with Gasteiger partial charge in [-0.25, -0.2) is 4.79 Å². The summed E-state index contributed by atoms with van der Waals surface area (Å²) in [6.45, 7) is 10.2. The van der Waals surface area contributed by atoms with Crippen molar-refractivity contribution in [1.82, 2.24) is 16.0 Å². The Hall–Kier alpha value is -1.79. The maximum Gasteiger partial charge on any atom is 0.319 e. The molecule has 1 aliphatic heterocycles. The minimum absolute atomic E-state index is 0. The number of hydrogen-bond donors (Lipinski definition) is 4. The summed E-state index contributed by atoms with van der Waals surface area (Å²) in [5.41, 5.74) is 1.79. The molecule has 134 valence electrons. The summed E-state index contributed by atoms with van der Waals surface area (Å²) in [7, 11) is 0. The largest absolute Gasteiger partial charge is 0.352 e. The number of aryl methyl sites for hydroxylation is 1. The molecule has 0 bridgehead atoms. The summed E-state index contributed by atoms with van der Waals surface area (Å²) in [5.74, 6) is 0.399. The van der Waals surface area contributed by atoms with Gasteiger partial charge in [0, 0.05) is 42.3 Å². The van der Waals surface area contributed by atoms with Gasteiger partial charge < -0.3 is 21.3 Å². The summed E-state index contributed by atoms with van der Waals surface area (Å²) in [6, 6.07) is 5.05. The zero-order valence-corrected chi connectivity index (χ0v) is 15.5. The fraction of sp³-hybridized carbons (Fsp3) is 0.529. The standard InChI is InChI=1S/C17H26N4O2.ClH/c1-11-5-6-13(15(22)19-10-12-8-18-9-12)7-14(11)20-16(23)21-17(2,3)4;/h5-7,12,18H,8-10H2,1-4H3,(H,19,22)(H2,20,21,23);1H. The van der Waals surface area contributed by atoms with E-state index in [2.05, 4.69) is 21.3 Å². The van der Waals surface area contributed by atoms with Gasteiger partial charge in [-0.3, -0.25) is 4.79 Å². The minimum atomic E-state index is -0.316. The first kappa shape index (κ1) is 20.3. The molecule has 0 atom stereocenters. The predicted molar refractivity (Wildman–Crippen MR) is 99.0 cm³/mol. The average Bonchev–Trinajstić information content (AvgIpc) is 2.37. The summed E-state index contributed by atoms with van der Waals surface area (Å²) < 4.78 is 0. The molecule has 0 aliphatic carbocycles. The molecule has 6 nitrogen and oxygen atoms in total. The quantitative estimate of drug-likeness (QED) is 0.669. The zero-order chi connectivity index (χ0) is 17.0. The number of anilines is 1. The Kier molecular flexibility index (Phi) is 7.05. The van der Waals surface area contributed by atoms with Crippen molar-refractivity contribution in [3.05, 3.63) is 29.3 Å². The van der Waals surface area contributed by atoms with Crippen molar-refractivity contribution in [2.24, 2.45) is 5.92 Å². The number of halogens is 1. The van der Waals surface area contributed by atoms with Gasteiger partial charge in [0.05, 0.1) is 0 Å². The molecule has 1 fully saturated rings. The van der Waals surface area contributed by atoms with Gasteiger partial charge >= 0.3 is 6.03 Å². The normalized spacial score (nSPS) is 14.2. The van der Waals surface area contributed by atoms with Crippen molar-refractivity contribution in [3.63, 3.8) is 0 Å². The van der Waals surface area contributed by atoms with Crippen molar-refractivity contribution in [2.75, 3.05) is 25.0 Å². The van der Waals surface area contributed by atoms with Crippen LogP contribution in [0.4, 0.5) is 10.5 Å². The second-order valence-electron chi connectivity index (χ2n) is 7.09. The molecule has 0 spiro atoms. The number of rotatable bonds is 4. The highest BCUT2D eigenvalue weighted by Crippen LogP contribution is 2.17. The molecule has 0 aromatic heterocycles. The molecule has 2 rings (SSSR count). The van der Waals surface area contributed by atoms with E-state index in [0.717, 1.165) is 18.7 Å². The molecule has 24 heavy (non-hydrogen) atoms. The Morgan fingerprint density at radius 1 is 1.25 bits per heavy atom. The van der Waals surface area contributed by atoms with E-state index in [9.17, 15) is 9.59 Å². The Balaban J connectivity index is 0.00000288. The van der Waals surface area contributed by atoms with E-state index >= 15 is 0 Å². The Labute approximate surface area is 149 Å². The van der Waals surface area contributed by atoms with Crippen LogP contribution < -0.4 is 21.3 Å². The lowest BCUT2D eigenvalue weighted by Gasteiger charge is -2.27. The summed E-state index contributed by atoms with van der Waals surface area (Å²) >= 11 is 0. The van der Waals surface area contributed by atoms with Crippen LogP contribution in [0.2, 0.25) is 0 Å². The average molecular weight is 355 g/mol. The van der Waals surface area contributed by atoms with Crippen molar-refractivity contribution in [1.29, 1.82) is 0 Å². The molecule has 7 heteroatoms. The first-order chi connectivity index (χ1) is 10.7. The van der Waals surface area contributed by atoms with Crippen LogP contribution in [-0.4, -0.2) is 37.1 Å². The molecule has 0 unspecified atom stereocenters. The number of hydrogen-bond acceptors (Lipinski definition) is 3. The number of nitrogens with one attached hydrogen (secondary N) is 4. The van der Waals surface area contributed by atoms with Crippen LogP contribution in [0.3, 0.4) is 0 Å². The van der Waals surface area contributed by atoms with E-state index in [1.54, 1.807) is 12.1 Å². The lowest BCUT2D eigenvalue weighted by molar-refractivity contribution is 0.0942. The molecule has 1 aliphatic rings. The number of carbonyl (C=O) groups is 2. The molecular weight excluding hydrogens is 328 g/mol. The fourth-order valence-electron chi connectivity index (χ4n) is 2.22. The Morgan fingerprint density at radius 3 is 2.46 bits per heavy atom. The van der Waals surface area contributed by atoms with Gasteiger partial charge in [-0.15, -0.1) is 12.4 Å². The second kappa shape index (κ2) is 8.35. The Morgan fingerprint density at radius 2 is 1.92 bits per heavy atom. The lowest BCUT2D eigenvalue weighted by Crippen LogP contribution is -2.48. The molecular formula is C17H27ClN4O2. The number of amides is 3. The molecule has 1 saturated heterocycles. The van der Waals surface area contributed by atoms with Crippen LogP contribution in [-0.2, 0) is 0 Å². The highest BCUT2D eigenvalue weighted by atomic mass is 35.5. The SMILES string of the molecule is Cc1ccc(C(=O)NCC2CNC2)cc1NC(=O)NC(C)(C)C.Cl.